The molecule has 0 saturated carbocycles. The Morgan fingerprint density at radius 1 is 0.946 bits per heavy atom. The molecule has 3 N–H and O–H groups in total. The number of rotatable bonds is 9. The Morgan fingerprint density at radius 2 is 1.59 bits per heavy atom. The Labute approximate surface area is 218 Å². The first-order valence-corrected chi connectivity index (χ1v) is 13.5. The van der Waals surface area contributed by atoms with Crippen molar-refractivity contribution < 1.29 is 27.5 Å². The molecule has 3 aromatic rings. The van der Waals surface area contributed by atoms with Crippen LogP contribution in [0.3, 0.4) is 0 Å². The van der Waals surface area contributed by atoms with Gasteiger partial charge < -0.3 is 10.5 Å². The van der Waals surface area contributed by atoms with Crippen molar-refractivity contribution in [2.24, 2.45) is 0 Å². The van der Waals surface area contributed by atoms with E-state index >= 15 is 0 Å². The van der Waals surface area contributed by atoms with E-state index in [2.05, 4.69) is 4.72 Å². The summed E-state index contributed by atoms with van der Waals surface area (Å²) in [5.41, 5.74) is 6.09. The number of nitrogens with zero attached hydrogens (tertiary/aromatic N) is 1. The van der Waals surface area contributed by atoms with Gasteiger partial charge in [-0.1, -0.05) is 36.9 Å². The lowest BCUT2D eigenvalue weighted by Gasteiger charge is -2.16. The molecular weight excluding hydrogens is 514 g/mol. The van der Waals surface area contributed by atoms with Crippen molar-refractivity contribution in [1.82, 2.24) is 4.72 Å². The molecule has 9 nitrogen and oxygen atoms in total. The number of carbonyl (C=O) groups excluding carboxylic acids is 3. The summed E-state index contributed by atoms with van der Waals surface area (Å²) in [5.74, 6) is -2.07. The third kappa shape index (κ3) is 5.68. The van der Waals surface area contributed by atoms with Gasteiger partial charge in [0.15, 0.2) is 0 Å². The van der Waals surface area contributed by atoms with Crippen molar-refractivity contribution in [3.05, 3.63) is 95.0 Å². The van der Waals surface area contributed by atoms with Gasteiger partial charge in [0.25, 0.3) is 21.8 Å². The highest BCUT2D eigenvalue weighted by Gasteiger charge is 2.42. The van der Waals surface area contributed by atoms with Gasteiger partial charge in [0.2, 0.25) is 0 Å². The predicted octanol–water partition coefficient (Wildman–Crippen LogP) is 3.69. The predicted molar refractivity (Wildman–Crippen MR) is 140 cm³/mol. The maximum absolute atomic E-state index is 13.4. The number of nitrogens with one attached hydrogen (secondary N) is 1. The number of amides is 2. The van der Waals surface area contributed by atoms with Crippen LogP contribution in [0.1, 0.15) is 23.7 Å². The van der Waals surface area contributed by atoms with Gasteiger partial charge in [0.05, 0.1) is 22.8 Å². The summed E-state index contributed by atoms with van der Waals surface area (Å²) in [6.45, 7) is 2.14. The molecule has 0 unspecified atom stereocenters. The molecule has 0 spiro atoms. The highest BCUT2D eigenvalue weighted by molar-refractivity contribution is 8.04. The van der Waals surface area contributed by atoms with Crippen molar-refractivity contribution in [2.45, 2.75) is 23.1 Å². The lowest BCUT2D eigenvalue weighted by atomic mass is 10.2. The topological polar surface area (TPSA) is 136 Å². The molecule has 0 atom stereocenters. The van der Waals surface area contributed by atoms with E-state index < -0.39 is 27.8 Å². The summed E-state index contributed by atoms with van der Waals surface area (Å²) in [5, 5.41) is 0. The van der Waals surface area contributed by atoms with Gasteiger partial charge in [0, 0.05) is 10.6 Å². The van der Waals surface area contributed by atoms with E-state index in [1.165, 1.54) is 48.5 Å². The van der Waals surface area contributed by atoms with Gasteiger partial charge in [-0.05, 0) is 67.1 Å². The second-order valence-electron chi connectivity index (χ2n) is 7.92. The van der Waals surface area contributed by atoms with Crippen LogP contribution in [-0.4, -0.2) is 32.8 Å². The molecule has 0 radical (unpaired) electrons. The molecule has 190 valence electrons. The molecule has 0 aliphatic carbocycles. The van der Waals surface area contributed by atoms with E-state index in [4.69, 9.17) is 10.5 Å². The number of hydrogen-bond acceptors (Lipinski definition) is 8. The van der Waals surface area contributed by atoms with Gasteiger partial charge >= 0.3 is 5.97 Å². The number of anilines is 2. The molecule has 1 aliphatic heterocycles. The Morgan fingerprint density at radius 3 is 2.22 bits per heavy atom. The second kappa shape index (κ2) is 10.9. The number of imide groups is 1. The van der Waals surface area contributed by atoms with Crippen molar-refractivity contribution in [2.75, 3.05) is 17.2 Å². The smallest absolute Gasteiger partial charge is 0.338 e. The van der Waals surface area contributed by atoms with Gasteiger partial charge in [-0.3, -0.25) is 14.3 Å². The average molecular weight is 538 g/mol. The van der Waals surface area contributed by atoms with E-state index in [1.807, 2.05) is 6.92 Å². The molecule has 3 aromatic carbocycles. The van der Waals surface area contributed by atoms with Crippen LogP contribution in [0.4, 0.5) is 11.4 Å². The van der Waals surface area contributed by atoms with Crippen LogP contribution in [0.15, 0.2) is 99.3 Å². The minimum absolute atomic E-state index is 0.0818. The van der Waals surface area contributed by atoms with Gasteiger partial charge in [-0.25, -0.2) is 18.1 Å². The molecule has 1 heterocycles. The van der Waals surface area contributed by atoms with Crippen LogP contribution < -0.4 is 15.4 Å². The fraction of sp³-hybridized carbons (Fsp3) is 0.115. The normalized spacial score (nSPS) is 13.7. The zero-order chi connectivity index (χ0) is 26.6. The molecule has 11 heteroatoms. The fourth-order valence-electron chi connectivity index (χ4n) is 3.40. The van der Waals surface area contributed by atoms with Crippen LogP contribution in [0.25, 0.3) is 0 Å². The van der Waals surface area contributed by atoms with Gasteiger partial charge in [-0.2, -0.15) is 0 Å². The van der Waals surface area contributed by atoms with E-state index in [1.54, 1.807) is 30.3 Å². The molecule has 0 saturated heterocycles. The number of esters is 1. The van der Waals surface area contributed by atoms with Crippen LogP contribution in [0.5, 0.6) is 0 Å². The summed E-state index contributed by atoms with van der Waals surface area (Å²) in [6, 6.07) is 20.0. The number of thioether (sulfide) groups is 1. The van der Waals surface area contributed by atoms with Crippen molar-refractivity contribution in [3.63, 3.8) is 0 Å². The van der Waals surface area contributed by atoms with E-state index in [9.17, 15) is 22.8 Å². The first-order valence-electron chi connectivity index (χ1n) is 11.2. The zero-order valence-electron chi connectivity index (χ0n) is 19.7. The number of carbonyl (C=O) groups is 3. The lowest BCUT2D eigenvalue weighted by molar-refractivity contribution is -0.120. The maximum atomic E-state index is 13.4. The molecule has 1 aliphatic rings. The highest BCUT2D eigenvalue weighted by Crippen LogP contribution is 2.37. The van der Waals surface area contributed by atoms with E-state index in [-0.39, 0.29) is 33.4 Å². The number of nitrogens with two attached hydrogens (primary N) is 1. The summed E-state index contributed by atoms with van der Waals surface area (Å²) in [4.78, 5) is 40.3. The lowest BCUT2D eigenvalue weighted by Crippen LogP contribution is -2.35. The van der Waals surface area contributed by atoms with E-state index in [0.717, 1.165) is 16.7 Å². The van der Waals surface area contributed by atoms with Crippen molar-refractivity contribution in [3.8, 4) is 0 Å². The molecule has 37 heavy (non-hydrogen) atoms. The second-order valence-corrected chi connectivity index (χ2v) is 10.7. The Balaban J connectivity index is 1.68. The van der Waals surface area contributed by atoms with Crippen LogP contribution in [0, 0.1) is 0 Å². The number of benzene rings is 3. The first-order chi connectivity index (χ1) is 17.7. The molecule has 2 amide bonds. The third-order valence-electron chi connectivity index (χ3n) is 5.23. The fourth-order valence-corrected chi connectivity index (χ4v) is 5.48. The molecule has 4 rings (SSSR count). The Kier molecular flexibility index (Phi) is 7.65. The molecule has 0 bridgehead atoms. The number of sulfonamides is 1. The largest absolute Gasteiger partial charge is 0.462 e. The summed E-state index contributed by atoms with van der Waals surface area (Å²) >= 11 is 0.972. The summed E-state index contributed by atoms with van der Waals surface area (Å²) < 4.78 is 33.5. The van der Waals surface area contributed by atoms with Crippen LogP contribution >= 0.6 is 11.8 Å². The van der Waals surface area contributed by atoms with Crippen molar-refractivity contribution >= 4 is 50.9 Å². The average Bonchev–Trinajstić information content (AvgIpc) is 3.11. The number of nitrogen functional groups attached to an aromatic ring is 1. The van der Waals surface area contributed by atoms with Crippen molar-refractivity contribution in [1.29, 1.82) is 0 Å². The number of hydrogen-bond donors (Lipinski definition) is 2. The van der Waals surface area contributed by atoms with Gasteiger partial charge in [-0.15, -0.1) is 0 Å². The van der Waals surface area contributed by atoms with E-state index in [0.29, 0.717) is 17.0 Å². The standard InChI is InChI=1S/C26H23N3O6S2/c1-2-16-35-26(32)17-8-12-19(13-9-17)29-24(30)22(23(25(29)31)36-20-6-4-3-5-7-20)28-37(33,34)21-14-10-18(27)11-15-21/h3-15,28H,2,16,27H2,1H3. The SMILES string of the molecule is CCCOC(=O)c1ccc(N2C(=O)C(NS(=O)(=O)c3ccc(N)cc3)=C(Sc3ccccc3)C2=O)cc1. The molecular formula is C26H23N3O6S2. The van der Waals surface area contributed by atoms with Crippen LogP contribution in [-0.2, 0) is 24.3 Å². The maximum Gasteiger partial charge on any atom is 0.338 e. The summed E-state index contributed by atoms with van der Waals surface area (Å²) in [6.07, 6.45) is 0.670. The number of ether oxygens (including phenoxy) is 1. The zero-order valence-corrected chi connectivity index (χ0v) is 21.3. The summed E-state index contributed by atoms with van der Waals surface area (Å²) in [7, 11) is -4.21. The minimum Gasteiger partial charge on any atom is -0.462 e. The van der Waals surface area contributed by atoms with Gasteiger partial charge in [0.1, 0.15) is 10.6 Å². The first kappa shape index (κ1) is 26.0. The third-order valence-corrected chi connectivity index (χ3v) is 7.69. The Hall–Kier alpha value is -4.09. The highest BCUT2D eigenvalue weighted by atomic mass is 32.2. The quantitative estimate of drug-likeness (QED) is 0.240. The van der Waals surface area contributed by atoms with Crippen LogP contribution in [0.2, 0.25) is 0 Å². The molecule has 0 aromatic heterocycles. The Bertz CT molecular complexity index is 1470. The monoisotopic (exact) mass is 537 g/mol. The molecule has 0 fully saturated rings. The minimum atomic E-state index is -4.21.